The van der Waals surface area contributed by atoms with Gasteiger partial charge in [0.05, 0.1) is 10.6 Å². The molecule has 0 aliphatic carbocycles. The van der Waals surface area contributed by atoms with Gasteiger partial charge in [-0.3, -0.25) is 4.98 Å². The molecule has 4 rings (SSSR count). The molecule has 0 saturated carbocycles. The Hall–Kier alpha value is -2.40. The maximum absolute atomic E-state index is 12.3. The molecule has 8 nitrogen and oxygen atoms in total. The molecule has 0 bridgehead atoms. The monoisotopic (exact) mass is 430 g/mol. The van der Waals surface area contributed by atoms with Crippen molar-refractivity contribution >= 4 is 27.5 Å². The summed E-state index contributed by atoms with van der Waals surface area (Å²) in [6.45, 7) is 1.91. The Morgan fingerprint density at radius 2 is 1.79 bits per heavy atom. The molecule has 0 radical (unpaired) electrons. The number of hydrogen-bond acceptors (Lipinski definition) is 7. The third-order valence-electron chi connectivity index (χ3n) is 4.83. The Morgan fingerprint density at radius 3 is 2.41 bits per heavy atom. The van der Waals surface area contributed by atoms with Gasteiger partial charge in [0.25, 0.3) is 10.2 Å². The summed E-state index contributed by atoms with van der Waals surface area (Å²) in [7, 11) is -0.294. The van der Waals surface area contributed by atoms with E-state index in [1.54, 1.807) is 37.8 Å². The molecule has 0 spiro atoms. The van der Waals surface area contributed by atoms with E-state index in [1.807, 2.05) is 40.7 Å². The number of anilines is 1. The number of rotatable bonds is 5. The highest BCUT2D eigenvalue weighted by Gasteiger charge is 2.29. The van der Waals surface area contributed by atoms with Crippen molar-refractivity contribution in [3.05, 3.63) is 48.2 Å². The van der Waals surface area contributed by atoms with E-state index in [4.69, 9.17) is 4.98 Å². The Morgan fingerprint density at radius 1 is 1.07 bits per heavy atom. The SMILES string of the molecule is CN(C)S(=O)(=O)N1CCN(c2ncc(-c3ccncc3)c(-c3cccs3)n2)CC1. The standard InChI is InChI=1S/C19H22N6O2S2/c1-23(2)29(26,27)25-11-9-24(10-12-25)19-21-14-16(15-5-7-20-8-6-15)18(22-19)17-4-3-13-28-17/h3-8,13-14H,9-12H2,1-2H3. The van der Waals surface area contributed by atoms with Crippen LogP contribution in [0.25, 0.3) is 21.7 Å². The molecule has 3 aromatic rings. The zero-order valence-corrected chi connectivity index (χ0v) is 17.9. The molecule has 0 amide bonds. The van der Waals surface area contributed by atoms with Crippen LogP contribution < -0.4 is 4.90 Å². The number of thiophene rings is 1. The van der Waals surface area contributed by atoms with Crippen LogP contribution in [0.4, 0.5) is 5.95 Å². The van der Waals surface area contributed by atoms with Gasteiger partial charge in [0.15, 0.2) is 0 Å². The van der Waals surface area contributed by atoms with Crippen LogP contribution in [0.5, 0.6) is 0 Å². The molecular weight excluding hydrogens is 408 g/mol. The lowest BCUT2D eigenvalue weighted by Crippen LogP contribution is -2.52. The van der Waals surface area contributed by atoms with Gasteiger partial charge >= 0.3 is 0 Å². The van der Waals surface area contributed by atoms with Crippen molar-refractivity contribution in [3.63, 3.8) is 0 Å². The first-order valence-electron chi connectivity index (χ1n) is 9.20. The minimum Gasteiger partial charge on any atom is -0.338 e. The normalized spacial score (nSPS) is 15.8. The lowest BCUT2D eigenvalue weighted by atomic mass is 10.1. The van der Waals surface area contributed by atoms with Crippen molar-refractivity contribution in [2.45, 2.75) is 0 Å². The van der Waals surface area contributed by atoms with Gasteiger partial charge in [0.1, 0.15) is 0 Å². The predicted octanol–water partition coefficient (Wildman–Crippen LogP) is 2.20. The summed E-state index contributed by atoms with van der Waals surface area (Å²) in [6.07, 6.45) is 5.35. The van der Waals surface area contributed by atoms with Crippen molar-refractivity contribution in [2.75, 3.05) is 45.2 Å². The second-order valence-electron chi connectivity index (χ2n) is 6.82. The molecule has 0 atom stereocenters. The second-order valence-corrected chi connectivity index (χ2v) is 9.91. The van der Waals surface area contributed by atoms with Gasteiger partial charge in [-0.1, -0.05) is 6.07 Å². The van der Waals surface area contributed by atoms with Crippen LogP contribution in [0.2, 0.25) is 0 Å². The highest BCUT2D eigenvalue weighted by Crippen LogP contribution is 2.33. The van der Waals surface area contributed by atoms with Gasteiger partial charge in [-0.05, 0) is 29.1 Å². The number of nitrogens with zero attached hydrogens (tertiary/aromatic N) is 6. The molecule has 0 aromatic carbocycles. The Bertz CT molecular complexity index is 1060. The molecular formula is C19H22N6O2S2. The quantitative estimate of drug-likeness (QED) is 0.617. The number of aromatic nitrogens is 3. The van der Waals surface area contributed by atoms with Crippen molar-refractivity contribution in [1.29, 1.82) is 0 Å². The minimum atomic E-state index is -3.40. The summed E-state index contributed by atoms with van der Waals surface area (Å²) < 4.78 is 27.4. The zero-order chi connectivity index (χ0) is 20.4. The van der Waals surface area contributed by atoms with E-state index >= 15 is 0 Å². The van der Waals surface area contributed by atoms with Gasteiger partial charge in [-0.25, -0.2) is 9.97 Å². The van der Waals surface area contributed by atoms with Crippen LogP contribution >= 0.6 is 11.3 Å². The largest absolute Gasteiger partial charge is 0.338 e. The third kappa shape index (κ3) is 4.01. The average Bonchev–Trinajstić information content (AvgIpc) is 3.29. The smallest absolute Gasteiger partial charge is 0.281 e. The summed E-state index contributed by atoms with van der Waals surface area (Å²) in [5.41, 5.74) is 2.84. The summed E-state index contributed by atoms with van der Waals surface area (Å²) in [6, 6.07) is 7.94. The number of piperazine rings is 1. The average molecular weight is 431 g/mol. The van der Waals surface area contributed by atoms with Gasteiger partial charge in [-0.15, -0.1) is 11.3 Å². The van der Waals surface area contributed by atoms with E-state index in [0.29, 0.717) is 32.1 Å². The molecule has 29 heavy (non-hydrogen) atoms. The van der Waals surface area contributed by atoms with Gasteiger partial charge in [0.2, 0.25) is 5.95 Å². The molecule has 0 N–H and O–H groups in total. The van der Waals surface area contributed by atoms with Crippen LogP contribution in [0.15, 0.2) is 48.2 Å². The second kappa shape index (κ2) is 8.15. The van der Waals surface area contributed by atoms with Crippen LogP contribution in [0, 0.1) is 0 Å². The van der Waals surface area contributed by atoms with Crippen molar-refractivity contribution in [1.82, 2.24) is 23.6 Å². The summed E-state index contributed by atoms with van der Waals surface area (Å²) >= 11 is 1.63. The third-order valence-corrected chi connectivity index (χ3v) is 7.65. The van der Waals surface area contributed by atoms with E-state index in [9.17, 15) is 8.42 Å². The van der Waals surface area contributed by atoms with Crippen molar-refractivity contribution < 1.29 is 8.42 Å². The van der Waals surface area contributed by atoms with Crippen LogP contribution in [-0.4, -0.2) is 72.3 Å². The highest BCUT2D eigenvalue weighted by molar-refractivity contribution is 7.86. The lowest BCUT2D eigenvalue weighted by molar-refractivity contribution is 0.354. The fourth-order valence-electron chi connectivity index (χ4n) is 3.22. The van der Waals surface area contributed by atoms with Gasteiger partial charge in [0, 0.05) is 64.4 Å². The number of hydrogen-bond donors (Lipinski definition) is 0. The molecule has 4 heterocycles. The Balaban J connectivity index is 1.62. The predicted molar refractivity (Wildman–Crippen MR) is 115 cm³/mol. The summed E-state index contributed by atoms with van der Waals surface area (Å²) in [5, 5.41) is 2.03. The first-order valence-corrected chi connectivity index (χ1v) is 11.5. The molecule has 3 aromatic heterocycles. The van der Waals surface area contributed by atoms with Crippen LogP contribution in [0.3, 0.4) is 0 Å². The first kappa shape index (κ1) is 19.9. The van der Waals surface area contributed by atoms with Gasteiger partial charge < -0.3 is 4.90 Å². The summed E-state index contributed by atoms with van der Waals surface area (Å²) in [4.78, 5) is 16.6. The molecule has 1 saturated heterocycles. The maximum Gasteiger partial charge on any atom is 0.281 e. The number of pyridine rings is 1. The van der Waals surface area contributed by atoms with Crippen LogP contribution in [0.1, 0.15) is 0 Å². The Kier molecular flexibility index (Phi) is 5.59. The molecule has 1 aliphatic heterocycles. The van der Waals surface area contributed by atoms with E-state index in [1.165, 1.54) is 8.61 Å². The minimum absolute atomic E-state index is 0.407. The van der Waals surface area contributed by atoms with E-state index < -0.39 is 10.2 Å². The topological polar surface area (TPSA) is 82.5 Å². The fourth-order valence-corrected chi connectivity index (χ4v) is 5.03. The molecule has 10 heteroatoms. The van der Waals surface area contributed by atoms with Crippen LogP contribution in [-0.2, 0) is 10.2 Å². The fraction of sp³-hybridized carbons (Fsp3) is 0.316. The maximum atomic E-state index is 12.3. The first-order chi connectivity index (χ1) is 14.0. The summed E-state index contributed by atoms with van der Waals surface area (Å²) in [5.74, 6) is 0.619. The van der Waals surface area contributed by atoms with Crippen molar-refractivity contribution in [2.24, 2.45) is 0 Å². The Labute approximate surface area is 174 Å². The molecule has 0 unspecified atom stereocenters. The van der Waals surface area contributed by atoms with Gasteiger partial charge in [-0.2, -0.15) is 17.0 Å². The highest BCUT2D eigenvalue weighted by atomic mass is 32.2. The van der Waals surface area contributed by atoms with E-state index in [0.717, 1.165) is 21.7 Å². The zero-order valence-electron chi connectivity index (χ0n) is 16.3. The molecule has 1 fully saturated rings. The molecule has 1 aliphatic rings. The van der Waals surface area contributed by atoms with E-state index in [-0.39, 0.29) is 0 Å². The van der Waals surface area contributed by atoms with E-state index in [2.05, 4.69) is 9.97 Å². The lowest BCUT2D eigenvalue weighted by Gasteiger charge is -2.35. The molecule has 152 valence electrons. The van der Waals surface area contributed by atoms with Crippen molar-refractivity contribution in [3.8, 4) is 21.7 Å².